The highest BCUT2D eigenvalue weighted by Gasteiger charge is 2.24. The summed E-state index contributed by atoms with van der Waals surface area (Å²) in [7, 11) is 0. The number of halogens is 1. The Hall–Kier alpha value is -3.18. The Balaban J connectivity index is 1.69. The van der Waals surface area contributed by atoms with Crippen molar-refractivity contribution in [2.24, 2.45) is 0 Å². The van der Waals surface area contributed by atoms with E-state index < -0.39 is 0 Å². The number of aromatic nitrogens is 3. The van der Waals surface area contributed by atoms with Gasteiger partial charge in [0.05, 0.1) is 12.1 Å². The molecule has 0 aliphatic carbocycles. The van der Waals surface area contributed by atoms with Crippen LogP contribution in [0, 0.1) is 0 Å². The van der Waals surface area contributed by atoms with Crippen LogP contribution < -0.4 is 9.64 Å². The van der Waals surface area contributed by atoms with E-state index in [0.717, 1.165) is 58.1 Å². The molecule has 30 heavy (non-hydrogen) atoms. The van der Waals surface area contributed by atoms with E-state index in [9.17, 15) is 0 Å². The molecule has 2 aromatic heterocycles. The second-order valence-electron chi connectivity index (χ2n) is 7.31. The summed E-state index contributed by atoms with van der Waals surface area (Å²) in [6.07, 6.45) is 5.43. The summed E-state index contributed by atoms with van der Waals surface area (Å²) < 4.78 is 5.88. The number of hydrogen-bond acceptors (Lipinski definition) is 5. The van der Waals surface area contributed by atoms with Gasteiger partial charge in [-0.1, -0.05) is 18.5 Å². The Morgan fingerprint density at radius 1 is 1.10 bits per heavy atom. The maximum atomic E-state index is 6.22. The molecule has 5 nitrogen and oxygen atoms in total. The van der Waals surface area contributed by atoms with Crippen molar-refractivity contribution in [3.63, 3.8) is 0 Å². The minimum atomic E-state index is 0.662. The second-order valence-corrected chi connectivity index (χ2v) is 7.75. The summed E-state index contributed by atoms with van der Waals surface area (Å²) >= 11 is 6.22. The van der Waals surface area contributed by atoms with Crippen molar-refractivity contribution in [1.82, 2.24) is 15.0 Å². The SMILES string of the molecule is CCCOc1ccc2nc(-c3cccnc3)nc(N3CCc4cc(Cl)ccc43)c2c1. The monoisotopic (exact) mass is 416 g/mol. The van der Waals surface area contributed by atoms with E-state index in [4.69, 9.17) is 26.3 Å². The minimum absolute atomic E-state index is 0.662. The molecular weight excluding hydrogens is 396 g/mol. The fourth-order valence-corrected chi connectivity index (χ4v) is 4.02. The van der Waals surface area contributed by atoms with E-state index in [1.165, 1.54) is 5.56 Å². The number of fused-ring (bicyclic) bond motifs is 2. The van der Waals surface area contributed by atoms with E-state index >= 15 is 0 Å². The predicted molar refractivity (Wildman–Crippen MR) is 121 cm³/mol. The van der Waals surface area contributed by atoms with Gasteiger partial charge in [-0.05, 0) is 66.9 Å². The molecule has 1 aliphatic heterocycles. The molecule has 0 amide bonds. The summed E-state index contributed by atoms with van der Waals surface area (Å²) in [5.41, 5.74) is 4.14. The van der Waals surface area contributed by atoms with Crippen molar-refractivity contribution >= 4 is 34.0 Å². The summed E-state index contributed by atoms with van der Waals surface area (Å²) in [4.78, 5) is 16.3. The van der Waals surface area contributed by atoms with Gasteiger partial charge in [0.1, 0.15) is 11.6 Å². The van der Waals surface area contributed by atoms with Crippen molar-refractivity contribution < 1.29 is 4.74 Å². The maximum Gasteiger partial charge on any atom is 0.163 e. The Morgan fingerprint density at radius 3 is 2.87 bits per heavy atom. The Labute approximate surface area is 180 Å². The van der Waals surface area contributed by atoms with Gasteiger partial charge in [-0.15, -0.1) is 0 Å². The molecule has 6 heteroatoms. The molecule has 0 spiro atoms. The molecule has 0 N–H and O–H groups in total. The fraction of sp³-hybridized carbons (Fsp3) is 0.208. The van der Waals surface area contributed by atoms with Crippen molar-refractivity contribution in [2.45, 2.75) is 19.8 Å². The summed E-state index contributed by atoms with van der Waals surface area (Å²) in [5, 5.41) is 1.73. The molecule has 4 aromatic rings. The van der Waals surface area contributed by atoms with Crippen LogP contribution in [0.3, 0.4) is 0 Å². The van der Waals surface area contributed by atoms with Gasteiger partial charge in [-0.25, -0.2) is 9.97 Å². The summed E-state index contributed by atoms with van der Waals surface area (Å²) in [5.74, 6) is 2.37. The van der Waals surface area contributed by atoms with E-state index in [2.05, 4.69) is 22.9 Å². The highest BCUT2D eigenvalue weighted by atomic mass is 35.5. The number of pyridine rings is 1. The van der Waals surface area contributed by atoms with Gasteiger partial charge in [-0.2, -0.15) is 0 Å². The van der Waals surface area contributed by atoms with Crippen LogP contribution >= 0.6 is 11.6 Å². The fourth-order valence-electron chi connectivity index (χ4n) is 3.82. The van der Waals surface area contributed by atoms with Crippen LogP contribution in [0.2, 0.25) is 5.02 Å². The zero-order chi connectivity index (χ0) is 20.5. The third kappa shape index (κ3) is 3.46. The van der Waals surface area contributed by atoms with E-state index in [0.29, 0.717) is 12.4 Å². The molecule has 150 valence electrons. The lowest BCUT2D eigenvalue weighted by Gasteiger charge is -2.21. The van der Waals surface area contributed by atoms with E-state index in [1.54, 1.807) is 12.4 Å². The van der Waals surface area contributed by atoms with Gasteiger partial charge >= 0.3 is 0 Å². The zero-order valence-electron chi connectivity index (χ0n) is 16.7. The third-order valence-corrected chi connectivity index (χ3v) is 5.47. The largest absolute Gasteiger partial charge is 0.494 e. The Bertz CT molecular complexity index is 1210. The molecule has 0 saturated heterocycles. The number of rotatable bonds is 5. The van der Waals surface area contributed by atoms with Crippen LogP contribution in [0.5, 0.6) is 5.75 Å². The third-order valence-electron chi connectivity index (χ3n) is 5.23. The van der Waals surface area contributed by atoms with Gasteiger partial charge in [0.25, 0.3) is 0 Å². The predicted octanol–water partition coefficient (Wildman–Crippen LogP) is 5.83. The second kappa shape index (κ2) is 7.92. The molecule has 0 atom stereocenters. The van der Waals surface area contributed by atoms with Crippen molar-refractivity contribution in [1.29, 1.82) is 0 Å². The molecule has 0 saturated carbocycles. The van der Waals surface area contributed by atoms with Crippen molar-refractivity contribution in [3.05, 3.63) is 71.5 Å². The highest BCUT2D eigenvalue weighted by Crippen LogP contribution is 2.39. The zero-order valence-corrected chi connectivity index (χ0v) is 17.4. The first-order chi connectivity index (χ1) is 14.7. The van der Waals surface area contributed by atoms with Crippen molar-refractivity contribution in [3.8, 4) is 17.1 Å². The van der Waals surface area contributed by atoms with Gasteiger partial charge in [0.15, 0.2) is 5.82 Å². The average molecular weight is 417 g/mol. The highest BCUT2D eigenvalue weighted by molar-refractivity contribution is 6.30. The van der Waals surface area contributed by atoms with Gasteiger partial charge in [0, 0.05) is 40.6 Å². The molecule has 0 radical (unpaired) electrons. The van der Waals surface area contributed by atoms with Gasteiger partial charge < -0.3 is 9.64 Å². The number of nitrogens with zero attached hydrogens (tertiary/aromatic N) is 4. The van der Waals surface area contributed by atoms with Crippen LogP contribution in [-0.4, -0.2) is 28.1 Å². The molecule has 1 aliphatic rings. The molecular formula is C24H21ClN4O. The number of ether oxygens (including phenoxy) is 1. The molecule has 0 bridgehead atoms. The minimum Gasteiger partial charge on any atom is -0.494 e. The molecule has 2 aromatic carbocycles. The van der Waals surface area contributed by atoms with Crippen LogP contribution in [0.4, 0.5) is 11.5 Å². The lowest BCUT2D eigenvalue weighted by Crippen LogP contribution is -2.16. The normalized spacial score (nSPS) is 12.9. The van der Waals surface area contributed by atoms with Crippen LogP contribution in [0.15, 0.2) is 60.9 Å². The van der Waals surface area contributed by atoms with Crippen molar-refractivity contribution in [2.75, 3.05) is 18.1 Å². The Kier molecular flexibility index (Phi) is 4.97. The van der Waals surface area contributed by atoms with E-state index in [1.807, 2.05) is 42.5 Å². The summed E-state index contributed by atoms with van der Waals surface area (Å²) in [6, 6.07) is 15.9. The molecule has 0 unspecified atom stereocenters. The summed E-state index contributed by atoms with van der Waals surface area (Å²) in [6.45, 7) is 3.62. The Morgan fingerprint density at radius 2 is 2.03 bits per heavy atom. The smallest absolute Gasteiger partial charge is 0.163 e. The topological polar surface area (TPSA) is 51.1 Å². The first kappa shape index (κ1) is 18.8. The molecule has 5 rings (SSSR count). The lowest BCUT2D eigenvalue weighted by atomic mass is 10.1. The van der Waals surface area contributed by atoms with Crippen LogP contribution in [0.25, 0.3) is 22.3 Å². The van der Waals surface area contributed by atoms with Crippen LogP contribution in [-0.2, 0) is 6.42 Å². The van der Waals surface area contributed by atoms with Gasteiger partial charge in [-0.3, -0.25) is 4.98 Å². The lowest BCUT2D eigenvalue weighted by molar-refractivity contribution is 0.318. The van der Waals surface area contributed by atoms with E-state index in [-0.39, 0.29) is 0 Å². The maximum absolute atomic E-state index is 6.22. The number of anilines is 2. The average Bonchev–Trinajstić information content (AvgIpc) is 3.20. The quantitative estimate of drug-likeness (QED) is 0.409. The van der Waals surface area contributed by atoms with Crippen LogP contribution in [0.1, 0.15) is 18.9 Å². The number of benzene rings is 2. The number of hydrogen-bond donors (Lipinski definition) is 0. The van der Waals surface area contributed by atoms with Gasteiger partial charge in [0.2, 0.25) is 0 Å². The molecule has 3 heterocycles. The first-order valence-corrected chi connectivity index (χ1v) is 10.5. The first-order valence-electron chi connectivity index (χ1n) is 10.1. The molecule has 0 fully saturated rings. The standard InChI is InChI=1S/C24H21ClN4O/c1-2-12-30-19-6-7-21-20(14-19)24(28-23(27-21)17-4-3-10-26-15-17)29-11-9-16-13-18(25)5-8-22(16)29/h3-8,10,13-15H,2,9,11-12H2,1H3.